The first-order valence-electron chi connectivity index (χ1n) is 5.78. The van der Waals surface area contributed by atoms with Crippen LogP contribution in [0.5, 0.6) is 0 Å². The number of benzene rings is 1. The van der Waals surface area contributed by atoms with Gasteiger partial charge in [-0.05, 0) is 19.4 Å². The Morgan fingerprint density at radius 3 is 2.53 bits per heavy atom. The molecule has 0 spiro atoms. The Balaban J connectivity index is 2.78. The fraction of sp³-hybridized carbons (Fsp3) is 0.500. The molecule has 0 aliphatic carbocycles. The number of aliphatic hydroxyl groups is 1. The first-order chi connectivity index (χ1) is 8.72. The van der Waals surface area contributed by atoms with Gasteiger partial charge >= 0.3 is 0 Å². The van der Waals surface area contributed by atoms with E-state index in [1.54, 1.807) is 6.92 Å². The Bertz CT molecular complexity index is 532. The summed E-state index contributed by atoms with van der Waals surface area (Å²) in [6, 6.07) is 2.79. The lowest BCUT2D eigenvalue weighted by Crippen LogP contribution is -2.30. The van der Waals surface area contributed by atoms with Gasteiger partial charge in [0.25, 0.3) is 0 Å². The van der Waals surface area contributed by atoms with Gasteiger partial charge in [-0.3, -0.25) is 0 Å². The summed E-state index contributed by atoms with van der Waals surface area (Å²) in [5.41, 5.74) is -0.0784. The van der Waals surface area contributed by atoms with Crippen molar-refractivity contribution in [1.82, 2.24) is 4.31 Å². The first-order valence-corrected chi connectivity index (χ1v) is 7.39. The number of rotatable bonds is 6. The van der Waals surface area contributed by atoms with Gasteiger partial charge in [-0.15, -0.1) is 0 Å². The van der Waals surface area contributed by atoms with Gasteiger partial charge in [0.1, 0.15) is 11.6 Å². The minimum absolute atomic E-state index is 0.0784. The molecule has 1 aromatic carbocycles. The van der Waals surface area contributed by atoms with Gasteiger partial charge in [-0.25, -0.2) is 21.5 Å². The number of sulfonamides is 1. The Labute approximate surface area is 111 Å². The van der Waals surface area contributed by atoms with Crippen LogP contribution in [-0.4, -0.2) is 37.5 Å². The summed E-state index contributed by atoms with van der Waals surface area (Å²) in [6.07, 6.45) is -0.318. The molecule has 0 radical (unpaired) electrons. The van der Waals surface area contributed by atoms with Crippen LogP contribution in [0.2, 0.25) is 0 Å². The third kappa shape index (κ3) is 4.85. The normalized spacial score (nSPS) is 13.8. The van der Waals surface area contributed by atoms with E-state index in [0.29, 0.717) is 12.5 Å². The lowest BCUT2D eigenvalue weighted by molar-refractivity contribution is 0.177. The summed E-state index contributed by atoms with van der Waals surface area (Å²) in [6.45, 7) is 1.70. The molecule has 1 rings (SSSR count). The Morgan fingerprint density at radius 2 is 2.00 bits per heavy atom. The molecule has 1 aromatic rings. The van der Waals surface area contributed by atoms with Crippen molar-refractivity contribution in [3.8, 4) is 0 Å². The highest BCUT2D eigenvalue weighted by Crippen LogP contribution is 2.15. The molecule has 108 valence electrons. The third-order valence-corrected chi connectivity index (χ3v) is 4.50. The minimum Gasteiger partial charge on any atom is -0.393 e. The van der Waals surface area contributed by atoms with E-state index in [2.05, 4.69) is 0 Å². The summed E-state index contributed by atoms with van der Waals surface area (Å²) in [4.78, 5) is 0. The molecule has 0 heterocycles. The molecule has 0 bridgehead atoms. The molecule has 19 heavy (non-hydrogen) atoms. The Kier molecular flexibility index (Phi) is 5.39. The second kappa shape index (κ2) is 6.40. The average molecular weight is 293 g/mol. The third-order valence-electron chi connectivity index (χ3n) is 2.69. The van der Waals surface area contributed by atoms with E-state index >= 15 is 0 Å². The molecule has 1 N–H and O–H groups in total. The van der Waals surface area contributed by atoms with Crippen LogP contribution in [0.4, 0.5) is 8.78 Å². The van der Waals surface area contributed by atoms with Crippen molar-refractivity contribution >= 4 is 10.0 Å². The van der Waals surface area contributed by atoms with E-state index in [-0.39, 0.29) is 12.1 Å². The minimum atomic E-state index is -3.68. The summed E-state index contributed by atoms with van der Waals surface area (Å²) < 4.78 is 51.0. The molecular weight excluding hydrogens is 276 g/mol. The predicted molar refractivity (Wildman–Crippen MR) is 67.9 cm³/mol. The monoisotopic (exact) mass is 293 g/mol. The number of nitrogens with zero attached hydrogens (tertiary/aromatic N) is 1. The van der Waals surface area contributed by atoms with Gasteiger partial charge in [0.2, 0.25) is 10.0 Å². The van der Waals surface area contributed by atoms with E-state index in [9.17, 15) is 17.2 Å². The fourth-order valence-electron chi connectivity index (χ4n) is 1.45. The standard InChI is InChI=1S/C12H17F2NO3S/c1-9(16)5-6-15(2)19(17,18)8-10-3-4-11(13)7-12(10)14/h3-4,7,9,16H,5-6,8H2,1-2H3. The van der Waals surface area contributed by atoms with Crippen molar-refractivity contribution in [2.45, 2.75) is 25.2 Å². The summed E-state index contributed by atoms with van der Waals surface area (Å²) in [7, 11) is -2.32. The maximum atomic E-state index is 13.4. The van der Waals surface area contributed by atoms with Crippen LogP contribution < -0.4 is 0 Å². The van der Waals surface area contributed by atoms with Gasteiger partial charge in [-0.1, -0.05) is 6.07 Å². The Hall–Kier alpha value is -1.05. The van der Waals surface area contributed by atoms with Crippen molar-refractivity contribution in [3.63, 3.8) is 0 Å². The average Bonchev–Trinajstić information content (AvgIpc) is 2.29. The van der Waals surface area contributed by atoms with Crippen molar-refractivity contribution in [1.29, 1.82) is 0 Å². The second-order valence-corrected chi connectivity index (χ2v) is 6.53. The quantitative estimate of drug-likeness (QED) is 0.864. The lowest BCUT2D eigenvalue weighted by atomic mass is 10.2. The fourth-order valence-corrected chi connectivity index (χ4v) is 2.68. The van der Waals surface area contributed by atoms with Crippen LogP contribution in [0, 0.1) is 11.6 Å². The number of halogens is 2. The molecule has 1 unspecified atom stereocenters. The first kappa shape index (κ1) is 16.0. The molecule has 0 amide bonds. The maximum Gasteiger partial charge on any atom is 0.218 e. The van der Waals surface area contributed by atoms with Crippen LogP contribution in [-0.2, 0) is 15.8 Å². The molecule has 4 nitrogen and oxygen atoms in total. The zero-order valence-electron chi connectivity index (χ0n) is 10.8. The highest BCUT2D eigenvalue weighted by Gasteiger charge is 2.20. The summed E-state index contributed by atoms with van der Waals surface area (Å²) in [5.74, 6) is -2.16. The zero-order valence-corrected chi connectivity index (χ0v) is 11.6. The molecule has 0 fully saturated rings. The van der Waals surface area contributed by atoms with Crippen molar-refractivity contribution in [2.24, 2.45) is 0 Å². The van der Waals surface area contributed by atoms with Crippen molar-refractivity contribution in [3.05, 3.63) is 35.4 Å². The number of aliphatic hydroxyl groups excluding tert-OH is 1. The topological polar surface area (TPSA) is 57.6 Å². The van der Waals surface area contributed by atoms with Gasteiger partial charge in [0.15, 0.2) is 0 Å². The maximum absolute atomic E-state index is 13.4. The molecule has 7 heteroatoms. The molecular formula is C12H17F2NO3S. The van der Waals surface area contributed by atoms with Crippen LogP contribution >= 0.6 is 0 Å². The highest BCUT2D eigenvalue weighted by atomic mass is 32.2. The molecule has 0 saturated heterocycles. The summed E-state index contributed by atoms with van der Waals surface area (Å²) in [5, 5.41) is 9.11. The van der Waals surface area contributed by atoms with Crippen LogP contribution in [0.3, 0.4) is 0 Å². The SMILES string of the molecule is CC(O)CCN(C)S(=O)(=O)Cc1ccc(F)cc1F. The molecule has 1 atom stereocenters. The van der Waals surface area contributed by atoms with E-state index < -0.39 is 33.5 Å². The largest absolute Gasteiger partial charge is 0.393 e. The van der Waals surface area contributed by atoms with Crippen LogP contribution in [0.15, 0.2) is 18.2 Å². The van der Waals surface area contributed by atoms with Crippen LogP contribution in [0.1, 0.15) is 18.9 Å². The number of hydrogen-bond donors (Lipinski definition) is 1. The van der Waals surface area contributed by atoms with Gasteiger partial charge in [0, 0.05) is 25.2 Å². The summed E-state index contributed by atoms with van der Waals surface area (Å²) >= 11 is 0. The Morgan fingerprint density at radius 1 is 1.37 bits per heavy atom. The highest BCUT2D eigenvalue weighted by molar-refractivity contribution is 7.88. The van der Waals surface area contributed by atoms with E-state index in [1.807, 2.05) is 0 Å². The van der Waals surface area contributed by atoms with Gasteiger partial charge in [0.05, 0.1) is 11.9 Å². The van der Waals surface area contributed by atoms with E-state index in [4.69, 9.17) is 5.11 Å². The lowest BCUT2D eigenvalue weighted by Gasteiger charge is -2.18. The van der Waals surface area contributed by atoms with E-state index in [1.165, 1.54) is 7.05 Å². The van der Waals surface area contributed by atoms with E-state index in [0.717, 1.165) is 16.4 Å². The zero-order chi connectivity index (χ0) is 14.6. The molecule has 0 aliphatic rings. The molecule has 0 saturated carbocycles. The van der Waals surface area contributed by atoms with Gasteiger partial charge < -0.3 is 5.11 Å². The van der Waals surface area contributed by atoms with Gasteiger partial charge in [-0.2, -0.15) is 0 Å². The molecule has 0 aliphatic heterocycles. The second-order valence-electron chi connectivity index (χ2n) is 4.45. The smallest absolute Gasteiger partial charge is 0.218 e. The molecule has 0 aromatic heterocycles. The number of hydrogen-bond acceptors (Lipinski definition) is 3. The van der Waals surface area contributed by atoms with Crippen LogP contribution in [0.25, 0.3) is 0 Å². The van der Waals surface area contributed by atoms with Crippen molar-refractivity contribution in [2.75, 3.05) is 13.6 Å². The van der Waals surface area contributed by atoms with Crippen molar-refractivity contribution < 1.29 is 22.3 Å². The predicted octanol–water partition coefficient (Wildman–Crippen LogP) is 1.50.